The van der Waals surface area contributed by atoms with Gasteiger partial charge in [-0.3, -0.25) is 0 Å². The molecule has 0 N–H and O–H groups in total. The van der Waals surface area contributed by atoms with Crippen molar-refractivity contribution in [1.29, 1.82) is 0 Å². The number of allylic oxidation sites excluding steroid dienone is 4. The first-order valence-corrected chi connectivity index (χ1v) is 7.21. The monoisotopic (exact) mass is 222 g/mol. The Morgan fingerprint density at radius 2 is 1.25 bits per heavy atom. The molecule has 0 unspecified atom stereocenters. The van der Waals surface area contributed by atoms with Gasteiger partial charge in [0, 0.05) is 0 Å². The van der Waals surface area contributed by atoms with E-state index in [0.29, 0.717) is 0 Å². The van der Waals surface area contributed by atoms with Crippen LogP contribution in [0, 0.1) is 0 Å². The van der Waals surface area contributed by atoms with E-state index in [-0.39, 0.29) is 0 Å². The SMILES string of the molecule is CCC=CCC=CCCCCCCCCC. The van der Waals surface area contributed by atoms with E-state index < -0.39 is 0 Å². The van der Waals surface area contributed by atoms with E-state index in [1.807, 2.05) is 0 Å². The highest BCUT2D eigenvalue weighted by molar-refractivity contribution is 4.92. The van der Waals surface area contributed by atoms with E-state index in [4.69, 9.17) is 0 Å². The van der Waals surface area contributed by atoms with Crippen molar-refractivity contribution in [3.05, 3.63) is 24.3 Å². The van der Waals surface area contributed by atoms with E-state index in [2.05, 4.69) is 38.2 Å². The first-order valence-electron chi connectivity index (χ1n) is 7.21. The van der Waals surface area contributed by atoms with Gasteiger partial charge in [-0.2, -0.15) is 0 Å². The first kappa shape index (κ1) is 15.5. The molecule has 0 amide bonds. The highest BCUT2D eigenvalue weighted by Crippen LogP contribution is 2.08. The fourth-order valence-electron chi connectivity index (χ4n) is 1.77. The molecule has 0 saturated carbocycles. The molecule has 94 valence electrons. The van der Waals surface area contributed by atoms with E-state index in [1.165, 1.54) is 51.4 Å². The summed E-state index contributed by atoms with van der Waals surface area (Å²) in [5, 5.41) is 0. The minimum atomic E-state index is 1.12. The lowest BCUT2D eigenvalue weighted by Gasteiger charge is -1.98. The van der Waals surface area contributed by atoms with Crippen LogP contribution in [0.25, 0.3) is 0 Å². The van der Waals surface area contributed by atoms with Gasteiger partial charge in [-0.1, -0.05) is 76.7 Å². The summed E-state index contributed by atoms with van der Waals surface area (Å²) in [5.74, 6) is 0. The summed E-state index contributed by atoms with van der Waals surface area (Å²) >= 11 is 0. The smallest absolute Gasteiger partial charge is 0.0169 e. The molecule has 0 rings (SSSR count). The summed E-state index contributed by atoms with van der Waals surface area (Å²) in [6.45, 7) is 4.45. The Hall–Kier alpha value is -0.520. The Balaban J connectivity index is 3.05. The van der Waals surface area contributed by atoms with Gasteiger partial charge in [0.25, 0.3) is 0 Å². The average molecular weight is 222 g/mol. The molecule has 0 saturated heterocycles. The minimum Gasteiger partial charge on any atom is -0.0885 e. The van der Waals surface area contributed by atoms with Crippen LogP contribution in [-0.2, 0) is 0 Å². The Morgan fingerprint density at radius 3 is 1.94 bits per heavy atom. The fraction of sp³-hybridized carbons (Fsp3) is 0.750. The third-order valence-electron chi connectivity index (χ3n) is 2.82. The fourth-order valence-corrected chi connectivity index (χ4v) is 1.77. The molecule has 0 heteroatoms. The zero-order valence-corrected chi connectivity index (χ0v) is 11.4. The standard InChI is InChI=1S/C16H30/c1-3-5-7-9-11-13-15-16-14-12-10-8-6-4-2/h5,7,11,13H,3-4,6,8-10,12,14-16H2,1-2H3. The van der Waals surface area contributed by atoms with Crippen molar-refractivity contribution in [2.45, 2.75) is 78.1 Å². The summed E-state index contributed by atoms with van der Waals surface area (Å²) < 4.78 is 0. The minimum absolute atomic E-state index is 1.12. The summed E-state index contributed by atoms with van der Waals surface area (Å²) in [4.78, 5) is 0. The van der Waals surface area contributed by atoms with Crippen LogP contribution in [0.15, 0.2) is 24.3 Å². The lowest BCUT2D eigenvalue weighted by Crippen LogP contribution is -1.78. The molecular weight excluding hydrogens is 192 g/mol. The van der Waals surface area contributed by atoms with Crippen molar-refractivity contribution in [3.8, 4) is 0 Å². The van der Waals surface area contributed by atoms with Gasteiger partial charge < -0.3 is 0 Å². The van der Waals surface area contributed by atoms with Gasteiger partial charge >= 0.3 is 0 Å². The second-order valence-electron chi connectivity index (χ2n) is 4.50. The van der Waals surface area contributed by atoms with Crippen LogP contribution < -0.4 is 0 Å². The van der Waals surface area contributed by atoms with Crippen molar-refractivity contribution < 1.29 is 0 Å². The number of hydrogen-bond acceptors (Lipinski definition) is 0. The lowest BCUT2D eigenvalue weighted by atomic mass is 10.1. The van der Waals surface area contributed by atoms with Gasteiger partial charge in [0.05, 0.1) is 0 Å². The number of hydrogen-bond donors (Lipinski definition) is 0. The Labute approximate surface area is 103 Å². The zero-order chi connectivity index (χ0) is 11.9. The van der Waals surface area contributed by atoms with Crippen molar-refractivity contribution >= 4 is 0 Å². The maximum absolute atomic E-state index is 2.34. The van der Waals surface area contributed by atoms with Crippen molar-refractivity contribution in [1.82, 2.24) is 0 Å². The zero-order valence-electron chi connectivity index (χ0n) is 11.4. The van der Waals surface area contributed by atoms with Gasteiger partial charge in [0.2, 0.25) is 0 Å². The molecule has 0 aliphatic rings. The van der Waals surface area contributed by atoms with Gasteiger partial charge in [0.15, 0.2) is 0 Å². The summed E-state index contributed by atoms with van der Waals surface area (Å²) in [6.07, 6.45) is 22.5. The average Bonchev–Trinajstić information content (AvgIpc) is 2.31. The Kier molecular flexibility index (Phi) is 14.0. The van der Waals surface area contributed by atoms with Gasteiger partial charge in [0.1, 0.15) is 0 Å². The summed E-state index contributed by atoms with van der Waals surface area (Å²) in [5.41, 5.74) is 0. The molecule has 0 nitrogen and oxygen atoms in total. The molecular formula is C16H30. The normalized spacial score (nSPS) is 11.9. The lowest BCUT2D eigenvalue weighted by molar-refractivity contribution is 0.592. The molecule has 0 atom stereocenters. The second-order valence-corrected chi connectivity index (χ2v) is 4.50. The molecule has 16 heavy (non-hydrogen) atoms. The van der Waals surface area contributed by atoms with Gasteiger partial charge in [-0.05, 0) is 25.7 Å². The highest BCUT2D eigenvalue weighted by Gasteiger charge is 1.88. The van der Waals surface area contributed by atoms with Crippen molar-refractivity contribution in [3.63, 3.8) is 0 Å². The molecule has 0 radical (unpaired) electrons. The third kappa shape index (κ3) is 13.5. The molecule has 0 bridgehead atoms. The van der Waals surface area contributed by atoms with Crippen LogP contribution in [0.3, 0.4) is 0 Å². The van der Waals surface area contributed by atoms with E-state index >= 15 is 0 Å². The van der Waals surface area contributed by atoms with Crippen LogP contribution in [0.5, 0.6) is 0 Å². The quantitative estimate of drug-likeness (QED) is 0.295. The van der Waals surface area contributed by atoms with E-state index in [0.717, 1.165) is 12.8 Å². The first-order chi connectivity index (χ1) is 7.91. The van der Waals surface area contributed by atoms with Crippen LogP contribution >= 0.6 is 0 Å². The van der Waals surface area contributed by atoms with Crippen LogP contribution in [0.4, 0.5) is 0 Å². The summed E-state index contributed by atoms with van der Waals surface area (Å²) in [6, 6.07) is 0. The van der Waals surface area contributed by atoms with Gasteiger partial charge in [-0.15, -0.1) is 0 Å². The maximum atomic E-state index is 2.34. The largest absolute Gasteiger partial charge is 0.0885 e. The van der Waals surface area contributed by atoms with Crippen LogP contribution in [-0.4, -0.2) is 0 Å². The van der Waals surface area contributed by atoms with Crippen LogP contribution in [0.1, 0.15) is 78.1 Å². The molecule has 0 aliphatic heterocycles. The molecule has 0 aliphatic carbocycles. The molecule has 0 heterocycles. The van der Waals surface area contributed by atoms with E-state index in [1.54, 1.807) is 0 Å². The van der Waals surface area contributed by atoms with Gasteiger partial charge in [-0.25, -0.2) is 0 Å². The van der Waals surface area contributed by atoms with Crippen molar-refractivity contribution in [2.24, 2.45) is 0 Å². The van der Waals surface area contributed by atoms with Crippen LogP contribution in [0.2, 0.25) is 0 Å². The molecule has 0 aromatic carbocycles. The molecule has 0 aromatic rings. The Morgan fingerprint density at radius 1 is 0.625 bits per heavy atom. The molecule has 0 spiro atoms. The highest BCUT2D eigenvalue weighted by atomic mass is 13.9. The molecule has 0 fully saturated rings. The molecule has 0 aromatic heterocycles. The Bertz CT molecular complexity index is 165. The number of unbranched alkanes of at least 4 members (excludes halogenated alkanes) is 7. The number of rotatable bonds is 11. The second kappa shape index (κ2) is 14.5. The maximum Gasteiger partial charge on any atom is -0.0169 e. The summed E-state index contributed by atoms with van der Waals surface area (Å²) in [7, 11) is 0. The van der Waals surface area contributed by atoms with Crippen molar-refractivity contribution in [2.75, 3.05) is 0 Å². The third-order valence-corrected chi connectivity index (χ3v) is 2.82. The predicted molar refractivity (Wildman–Crippen MR) is 75.8 cm³/mol. The van der Waals surface area contributed by atoms with E-state index in [9.17, 15) is 0 Å². The predicted octanol–water partition coefficient (Wildman–Crippen LogP) is 6.04. The topological polar surface area (TPSA) is 0 Å².